The smallest absolute Gasteiger partial charge is 0.236 e. The fraction of sp³-hybridized carbons (Fsp3) is 0.923. The molecule has 0 radical (unpaired) electrons. The number of amides is 1. The third kappa shape index (κ3) is 4.97. The molecule has 1 aliphatic heterocycles. The Bertz CT molecular complexity index is 198. The molecule has 0 saturated carbocycles. The van der Waals surface area contributed by atoms with Gasteiger partial charge in [-0.1, -0.05) is 26.7 Å². The molecular weight excluding hydrogens is 200 g/mol. The lowest BCUT2D eigenvalue weighted by Crippen LogP contribution is -2.42. The molecule has 0 aromatic rings. The number of likely N-dealkylation sites (tertiary alicyclic amines) is 1. The van der Waals surface area contributed by atoms with E-state index in [9.17, 15) is 4.79 Å². The zero-order valence-electron chi connectivity index (χ0n) is 10.8. The summed E-state index contributed by atoms with van der Waals surface area (Å²) in [7, 11) is 0. The monoisotopic (exact) mass is 226 g/mol. The normalized spacial score (nSPS) is 17.8. The van der Waals surface area contributed by atoms with Gasteiger partial charge in [-0.15, -0.1) is 0 Å². The first-order valence-corrected chi connectivity index (χ1v) is 6.72. The van der Waals surface area contributed by atoms with Crippen molar-refractivity contribution < 1.29 is 4.79 Å². The van der Waals surface area contributed by atoms with Gasteiger partial charge in [0, 0.05) is 13.1 Å². The van der Waals surface area contributed by atoms with Gasteiger partial charge >= 0.3 is 0 Å². The molecule has 16 heavy (non-hydrogen) atoms. The molecule has 94 valence electrons. The van der Waals surface area contributed by atoms with Gasteiger partial charge in [-0.05, 0) is 31.7 Å². The van der Waals surface area contributed by atoms with Crippen molar-refractivity contribution >= 4 is 5.91 Å². The molecule has 3 nitrogen and oxygen atoms in total. The molecule has 0 aromatic heterocycles. The van der Waals surface area contributed by atoms with E-state index < -0.39 is 0 Å². The Labute approximate surface area is 99.6 Å². The van der Waals surface area contributed by atoms with E-state index in [2.05, 4.69) is 19.2 Å². The van der Waals surface area contributed by atoms with Crippen LogP contribution in [-0.2, 0) is 4.79 Å². The van der Waals surface area contributed by atoms with Gasteiger partial charge in [-0.25, -0.2) is 0 Å². The lowest BCUT2D eigenvalue weighted by Gasteiger charge is -2.30. The van der Waals surface area contributed by atoms with Crippen LogP contribution in [0.15, 0.2) is 0 Å². The van der Waals surface area contributed by atoms with Crippen molar-refractivity contribution in [1.82, 2.24) is 10.2 Å². The van der Waals surface area contributed by atoms with Crippen molar-refractivity contribution in [2.24, 2.45) is 5.92 Å². The number of hydrogen-bond donors (Lipinski definition) is 1. The predicted octanol–water partition coefficient (Wildman–Crippen LogP) is 2.02. The molecule has 3 heteroatoms. The van der Waals surface area contributed by atoms with Crippen molar-refractivity contribution in [3.05, 3.63) is 0 Å². The van der Waals surface area contributed by atoms with Crippen molar-refractivity contribution in [2.75, 3.05) is 26.2 Å². The van der Waals surface area contributed by atoms with E-state index in [-0.39, 0.29) is 5.91 Å². The highest BCUT2D eigenvalue weighted by molar-refractivity contribution is 5.78. The average Bonchev–Trinajstić information content (AvgIpc) is 2.29. The van der Waals surface area contributed by atoms with E-state index >= 15 is 0 Å². The van der Waals surface area contributed by atoms with Crippen LogP contribution in [0, 0.1) is 5.92 Å². The van der Waals surface area contributed by atoms with E-state index in [4.69, 9.17) is 0 Å². The van der Waals surface area contributed by atoms with Gasteiger partial charge in [0.15, 0.2) is 0 Å². The lowest BCUT2D eigenvalue weighted by molar-refractivity contribution is -0.131. The van der Waals surface area contributed by atoms with E-state index in [0.29, 0.717) is 6.54 Å². The number of rotatable bonds is 6. The minimum Gasteiger partial charge on any atom is -0.342 e. The summed E-state index contributed by atoms with van der Waals surface area (Å²) in [6.07, 6.45) is 6.01. The summed E-state index contributed by atoms with van der Waals surface area (Å²) in [5.41, 5.74) is 0. The minimum atomic E-state index is 0.281. The van der Waals surface area contributed by atoms with Crippen LogP contribution in [0.1, 0.15) is 46.0 Å². The topological polar surface area (TPSA) is 32.3 Å². The van der Waals surface area contributed by atoms with Crippen molar-refractivity contribution in [2.45, 2.75) is 46.0 Å². The van der Waals surface area contributed by atoms with Crippen LogP contribution >= 0.6 is 0 Å². The van der Waals surface area contributed by atoms with Crippen LogP contribution in [0.25, 0.3) is 0 Å². The number of piperidine rings is 1. The first-order valence-electron chi connectivity index (χ1n) is 6.72. The van der Waals surface area contributed by atoms with E-state index in [1.165, 1.54) is 32.1 Å². The van der Waals surface area contributed by atoms with Crippen molar-refractivity contribution in [1.29, 1.82) is 0 Å². The van der Waals surface area contributed by atoms with Crippen molar-refractivity contribution in [3.8, 4) is 0 Å². The Morgan fingerprint density at radius 1 is 1.31 bits per heavy atom. The largest absolute Gasteiger partial charge is 0.342 e. The highest BCUT2D eigenvalue weighted by Gasteiger charge is 2.19. The van der Waals surface area contributed by atoms with E-state index in [1.807, 2.05) is 4.90 Å². The Morgan fingerprint density at radius 3 is 2.62 bits per heavy atom. The Hall–Kier alpha value is -0.570. The molecule has 0 aliphatic carbocycles. The standard InChI is InChI=1S/C13H26N2O/c1-3-4-5-8-14-11-13(16)15-9-6-12(2)7-10-15/h12,14H,3-11H2,1-2H3. The molecule has 0 aromatic carbocycles. The quantitative estimate of drug-likeness (QED) is 0.703. The molecular formula is C13H26N2O. The second kappa shape index (κ2) is 7.66. The maximum absolute atomic E-state index is 11.8. The van der Waals surface area contributed by atoms with E-state index in [0.717, 1.165) is 25.6 Å². The van der Waals surface area contributed by atoms with Crippen LogP contribution in [0.5, 0.6) is 0 Å². The molecule has 1 amide bonds. The number of hydrogen-bond acceptors (Lipinski definition) is 2. The van der Waals surface area contributed by atoms with Gasteiger partial charge in [0.2, 0.25) is 5.91 Å². The second-order valence-electron chi connectivity index (χ2n) is 4.95. The number of nitrogens with zero attached hydrogens (tertiary/aromatic N) is 1. The molecule has 0 atom stereocenters. The number of nitrogens with one attached hydrogen (secondary N) is 1. The van der Waals surface area contributed by atoms with Crippen LogP contribution in [-0.4, -0.2) is 37.0 Å². The molecule has 1 N–H and O–H groups in total. The fourth-order valence-electron chi connectivity index (χ4n) is 2.07. The summed E-state index contributed by atoms with van der Waals surface area (Å²) in [6, 6.07) is 0. The molecule has 0 spiro atoms. The lowest BCUT2D eigenvalue weighted by atomic mass is 9.99. The summed E-state index contributed by atoms with van der Waals surface area (Å²) in [5.74, 6) is 1.07. The molecule has 1 rings (SSSR count). The number of carbonyl (C=O) groups is 1. The zero-order valence-corrected chi connectivity index (χ0v) is 10.8. The number of carbonyl (C=O) groups excluding carboxylic acids is 1. The van der Waals surface area contributed by atoms with Gasteiger partial charge in [0.05, 0.1) is 6.54 Å². The minimum absolute atomic E-state index is 0.281. The third-order valence-corrected chi connectivity index (χ3v) is 3.37. The summed E-state index contributed by atoms with van der Waals surface area (Å²) in [4.78, 5) is 13.8. The SMILES string of the molecule is CCCCCNCC(=O)N1CCC(C)CC1. The third-order valence-electron chi connectivity index (χ3n) is 3.37. The molecule has 0 unspecified atom stereocenters. The Kier molecular flexibility index (Phi) is 6.46. The maximum Gasteiger partial charge on any atom is 0.236 e. The first kappa shape index (κ1) is 13.5. The summed E-state index contributed by atoms with van der Waals surface area (Å²) < 4.78 is 0. The van der Waals surface area contributed by atoms with Gasteiger partial charge < -0.3 is 10.2 Å². The Morgan fingerprint density at radius 2 is 2.00 bits per heavy atom. The molecule has 1 aliphatic rings. The highest BCUT2D eigenvalue weighted by atomic mass is 16.2. The van der Waals surface area contributed by atoms with Crippen LogP contribution in [0.3, 0.4) is 0 Å². The van der Waals surface area contributed by atoms with Crippen LogP contribution in [0.4, 0.5) is 0 Å². The first-order chi connectivity index (χ1) is 7.74. The van der Waals surface area contributed by atoms with Crippen LogP contribution in [0.2, 0.25) is 0 Å². The van der Waals surface area contributed by atoms with Gasteiger partial charge in [-0.3, -0.25) is 4.79 Å². The van der Waals surface area contributed by atoms with Gasteiger partial charge in [0.25, 0.3) is 0 Å². The van der Waals surface area contributed by atoms with Gasteiger partial charge in [0.1, 0.15) is 0 Å². The van der Waals surface area contributed by atoms with Crippen molar-refractivity contribution in [3.63, 3.8) is 0 Å². The highest BCUT2D eigenvalue weighted by Crippen LogP contribution is 2.15. The molecule has 1 saturated heterocycles. The average molecular weight is 226 g/mol. The summed E-state index contributed by atoms with van der Waals surface area (Å²) in [5, 5.41) is 3.24. The summed E-state index contributed by atoms with van der Waals surface area (Å²) in [6.45, 7) is 7.88. The van der Waals surface area contributed by atoms with Crippen LogP contribution < -0.4 is 5.32 Å². The second-order valence-corrected chi connectivity index (χ2v) is 4.95. The Balaban J connectivity index is 2.06. The van der Waals surface area contributed by atoms with E-state index in [1.54, 1.807) is 0 Å². The molecule has 1 heterocycles. The molecule has 0 bridgehead atoms. The number of unbranched alkanes of at least 4 members (excludes halogenated alkanes) is 2. The van der Waals surface area contributed by atoms with Gasteiger partial charge in [-0.2, -0.15) is 0 Å². The zero-order chi connectivity index (χ0) is 11.8. The fourth-order valence-corrected chi connectivity index (χ4v) is 2.07. The maximum atomic E-state index is 11.8. The summed E-state index contributed by atoms with van der Waals surface area (Å²) >= 11 is 0. The predicted molar refractivity (Wildman–Crippen MR) is 67.4 cm³/mol. The molecule has 1 fully saturated rings.